The predicted molar refractivity (Wildman–Crippen MR) is 96.6 cm³/mol. The van der Waals surface area contributed by atoms with Crippen molar-refractivity contribution in [3.8, 4) is 5.69 Å². The predicted octanol–water partition coefficient (Wildman–Crippen LogP) is 3.21. The van der Waals surface area contributed by atoms with Crippen LogP contribution in [0.4, 0.5) is 0 Å². The van der Waals surface area contributed by atoms with Crippen LogP contribution in [-0.2, 0) is 4.74 Å². The molecule has 2 heterocycles. The highest BCUT2D eigenvalue weighted by atomic mass is 32.1. The molecule has 0 bridgehead atoms. The van der Waals surface area contributed by atoms with E-state index in [1.54, 1.807) is 11.6 Å². The Bertz CT molecular complexity index is 721. The molecule has 1 aromatic heterocycles. The summed E-state index contributed by atoms with van der Waals surface area (Å²) in [5.41, 5.74) is 1.85. The van der Waals surface area contributed by atoms with E-state index in [9.17, 15) is 4.79 Å². The molecule has 6 heteroatoms. The molecule has 0 saturated carbocycles. The van der Waals surface area contributed by atoms with Gasteiger partial charge < -0.3 is 9.64 Å². The molecular weight excluding hydrogens is 322 g/mol. The van der Waals surface area contributed by atoms with Crippen LogP contribution in [0, 0.1) is 0 Å². The number of hydrogen-bond donors (Lipinski definition) is 0. The number of para-hydroxylation sites is 1. The normalized spacial score (nSPS) is 14.5. The first-order valence-corrected chi connectivity index (χ1v) is 8.73. The molecule has 2 aromatic rings. The molecule has 5 nitrogen and oxygen atoms in total. The third-order valence-corrected chi connectivity index (χ3v) is 4.56. The molecule has 1 aliphatic heterocycles. The molecule has 0 unspecified atom stereocenters. The number of rotatable bonds is 4. The Morgan fingerprint density at radius 3 is 2.58 bits per heavy atom. The van der Waals surface area contributed by atoms with Crippen LogP contribution < -0.4 is 0 Å². The van der Waals surface area contributed by atoms with Crippen molar-refractivity contribution in [2.24, 2.45) is 0 Å². The molecule has 126 valence electrons. The molecule has 1 saturated heterocycles. The standard InChI is InChI=1S/C18H21N3O2S/c1-2-23-18(22)16-15(17(24)20-11-7-4-8-12-20)13-21(19-16)14-9-5-3-6-10-14/h3,5-6,9-10,13H,2,4,7-8,11-12H2,1H3. The summed E-state index contributed by atoms with van der Waals surface area (Å²) in [6.07, 6.45) is 5.31. The van der Waals surface area contributed by atoms with Crippen LogP contribution in [0.25, 0.3) is 5.69 Å². The van der Waals surface area contributed by atoms with E-state index in [1.807, 2.05) is 36.5 Å². The number of thiocarbonyl (C=S) groups is 1. The summed E-state index contributed by atoms with van der Waals surface area (Å²) in [4.78, 5) is 15.2. The number of esters is 1. The van der Waals surface area contributed by atoms with Crippen LogP contribution in [0.5, 0.6) is 0 Å². The van der Waals surface area contributed by atoms with Gasteiger partial charge in [-0.3, -0.25) is 0 Å². The number of benzene rings is 1. The van der Waals surface area contributed by atoms with Crippen molar-refractivity contribution in [1.29, 1.82) is 0 Å². The highest BCUT2D eigenvalue weighted by molar-refractivity contribution is 7.80. The molecule has 0 aliphatic carbocycles. The lowest BCUT2D eigenvalue weighted by Gasteiger charge is -2.28. The minimum atomic E-state index is -0.429. The van der Waals surface area contributed by atoms with E-state index in [0.717, 1.165) is 31.6 Å². The fourth-order valence-corrected chi connectivity index (χ4v) is 3.19. The van der Waals surface area contributed by atoms with Gasteiger partial charge in [0.25, 0.3) is 0 Å². The Labute approximate surface area is 147 Å². The summed E-state index contributed by atoms with van der Waals surface area (Å²) >= 11 is 5.66. The molecule has 0 amide bonds. The van der Waals surface area contributed by atoms with Crippen LogP contribution in [0.2, 0.25) is 0 Å². The van der Waals surface area contributed by atoms with Crippen LogP contribution in [0.15, 0.2) is 36.5 Å². The summed E-state index contributed by atoms with van der Waals surface area (Å²) < 4.78 is 6.85. The molecule has 1 fully saturated rings. The Kier molecular flexibility index (Phi) is 5.25. The first-order chi connectivity index (χ1) is 11.7. The number of carbonyl (C=O) groups is 1. The average molecular weight is 343 g/mol. The lowest BCUT2D eigenvalue weighted by Crippen LogP contribution is -2.35. The summed E-state index contributed by atoms with van der Waals surface area (Å²) in [7, 11) is 0. The van der Waals surface area contributed by atoms with Gasteiger partial charge in [0.1, 0.15) is 4.99 Å². The van der Waals surface area contributed by atoms with Crippen molar-refractivity contribution in [1.82, 2.24) is 14.7 Å². The van der Waals surface area contributed by atoms with Crippen LogP contribution in [-0.4, -0.2) is 45.3 Å². The fraction of sp³-hybridized carbons (Fsp3) is 0.389. The Morgan fingerprint density at radius 2 is 1.92 bits per heavy atom. The number of ether oxygens (including phenoxy) is 1. The number of likely N-dealkylation sites (tertiary alicyclic amines) is 1. The molecule has 3 rings (SSSR count). The van der Waals surface area contributed by atoms with Gasteiger partial charge >= 0.3 is 5.97 Å². The lowest BCUT2D eigenvalue weighted by atomic mass is 10.1. The van der Waals surface area contributed by atoms with Gasteiger partial charge in [0, 0.05) is 19.3 Å². The molecule has 0 N–H and O–H groups in total. The largest absolute Gasteiger partial charge is 0.461 e. The Balaban J connectivity index is 1.97. The van der Waals surface area contributed by atoms with Crippen molar-refractivity contribution in [3.63, 3.8) is 0 Å². The van der Waals surface area contributed by atoms with Crippen LogP contribution >= 0.6 is 12.2 Å². The molecular formula is C18H21N3O2S. The van der Waals surface area contributed by atoms with Crippen molar-refractivity contribution in [2.45, 2.75) is 26.2 Å². The monoisotopic (exact) mass is 343 g/mol. The van der Waals surface area contributed by atoms with E-state index in [0.29, 0.717) is 17.2 Å². The first kappa shape index (κ1) is 16.6. The van der Waals surface area contributed by atoms with E-state index in [1.165, 1.54) is 6.42 Å². The Morgan fingerprint density at radius 1 is 1.21 bits per heavy atom. The van der Waals surface area contributed by atoms with Gasteiger partial charge in [-0.15, -0.1) is 0 Å². The maximum absolute atomic E-state index is 12.3. The summed E-state index contributed by atoms with van der Waals surface area (Å²) in [6, 6.07) is 9.69. The van der Waals surface area contributed by atoms with Gasteiger partial charge in [-0.1, -0.05) is 30.4 Å². The van der Waals surface area contributed by atoms with E-state index in [2.05, 4.69) is 10.00 Å². The van der Waals surface area contributed by atoms with E-state index < -0.39 is 5.97 Å². The quantitative estimate of drug-likeness (QED) is 0.630. The minimum absolute atomic E-state index is 0.288. The zero-order valence-corrected chi connectivity index (χ0v) is 14.6. The smallest absolute Gasteiger partial charge is 0.359 e. The van der Waals surface area contributed by atoms with E-state index >= 15 is 0 Å². The minimum Gasteiger partial charge on any atom is -0.461 e. The second kappa shape index (κ2) is 7.57. The third-order valence-electron chi connectivity index (χ3n) is 4.08. The van der Waals surface area contributed by atoms with Gasteiger partial charge in [0.05, 0.1) is 17.9 Å². The zero-order chi connectivity index (χ0) is 16.9. The van der Waals surface area contributed by atoms with Crippen molar-refractivity contribution in [3.05, 3.63) is 47.8 Å². The molecule has 0 atom stereocenters. The number of aromatic nitrogens is 2. The first-order valence-electron chi connectivity index (χ1n) is 8.32. The Hall–Kier alpha value is -2.21. The third kappa shape index (κ3) is 3.48. The number of nitrogens with zero attached hydrogens (tertiary/aromatic N) is 3. The summed E-state index contributed by atoms with van der Waals surface area (Å²) in [6.45, 7) is 3.96. The summed E-state index contributed by atoms with van der Waals surface area (Å²) in [5.74, 6) is -0.429. The highest BCUT2D eigenvalue weighted by Crippen LogP contribution is 2.19. The zero-order valence-electron chi connectivity index (χ0n) is 13.8. The average Bonchev–Trinajstić information content (AvgIpc) is 3.08. The molecule has 0 spiro atoms. The number of carbonyl (C=O) groups excluding carboxylic acids is 1. The van der Waals surface area contributed by atoms with Crippen LogP contribution in [0.3, 0.4) is 0 Å². The highest BCUT2D eigenvalue weighted by Gasteiger charge is 2.25. The molecule has 24 heavy (non-hydrogen) atoms. The van der Waals surface area contributed by atoms with E-state index in [4.69, 9.17) is 17.0 Å². The van der Waals surface area contributed by atoms with Gasteiger partial charge in [0.2, 0.25) is 0 Å². The van der Waals surface area contributed by atoms with Gasteiger partial charge in [-0.05, 0) is 38.3 Å². The van der Waals surface area contributed by atoms with Gasteiger partial charge in [-0.2, -0.15) is 5.10 Å². The second-order valence-corrected chi connectivity index (χ2v) is 6.13. The lowest BCUT2D eigenvalue weighted by molar-refractivity contribution is 0.0518. The number of hydrogen-bond acceptors (Lipinski definition) is 4. The summed E-state index contributed by atoms with van der Waals surface area (Å²) in [5, 5.41) is 4.44. The SMILES string of the molecule is CCOC(=O)c1nn(-c2ccccc2)cc1C(=S)N1CCCCC1. The molecule has 1 aromatic carbocycles. The topological polar surface area (TPSA) is 47.4 Å². The fourth-order valence-electron chi connectivity index (χ4n) is 2.86. The van der Waals surface area contributed by atoms with Gasteiger partial charge in [0.15, 0.2) is 5.69 Å². The van der Waals surface area contributed by atoms with Crippen molar-refractivity contribution < 1.29 is 9.53 Å². The van der Waals surface area contributed by atoms with Crippen molar-refractivity contribution >= 4 is 23.2 Å². The molecule has 0 radical (unpaired) electrons. The number of piperidine rings is 1. The second-order valence-electron chi connectivity index (χ2n) is 5.74. The van der Waals surface area contributed by atoms with Crippen LogP contribution in [0.1, 0.15) is 42.2 Å². The maximum atomic E-state index is 12.3. The van der Waals surface area contributed by atoms with Gasteiger partial charge in [-0.25, -0.2) is 9.48 Å². The molecule has 1 aliphatic rings. The van der Waals surface area contributed by atoms with E-state index in [-0.39, 0.29) is 5.69 Å². The van der Waals surface area contributed by atoms with Crippen molar-refractivity contribution in [2.75, 3.05) is 19.7 Å². The maximum Gasteiger partial charge on any atom is 0.359 e.